The molecule has 1 N–H and O–H groups in total. The molecular weight excluding hydrogens is 382 g/mol. The van der Waals surface area contributed by atoms with E-state index in [2.05, 4.69) is 16.9 Å². The maximum atomic E-state index is 12.5. The van der Waals surface area contributed by atoms with Gasteiger partial charge in [0.05, 0.1) is 5.69 Å². The first-order valence-corrected chi connectivity index (χ1v) is 10.3. The van der Waals surface area contributed by atoms with Crippen LogP contribution in [0.3, 0.4) is 0 Å². The highest BCUT2D eigenvalue weighted by Gasteiger charge is 2.42. The third-order valence-corrected chi connectivity index (χ3v) is 5.65. The molecule has 30 heavy (non-hydrogen) atoms. The Morgan fingerprint density at radius 1 is 1.37 bits per heavy atom. The van der Waals surface area contributed by atoms with Gasteiger partial charge in [0.15, 0.2) is 0 Å². The summed E-state index contributed by atoms with van der Waals surface area (Å²) in [6.07, 6.45) is 2.99. The Bertz CT molecular complexity index is 1060. The number of nitrogens with zero attached hydrogens (tertiary/aromatic N) is 3. The number of fused-ring (bicyclic) bond motifs is 1. The SMILES string of the molecule is CCOCC(=O)c1nn(-c2cccc(C#C[C@]3(O)CCN(C)C3=O)c2)c2c1CCC2. The van der Waals surface area contributed by atoms with Gasteiger partial charge in [0, 0.05) is 43.4 Å². The van der Waals surface area contributed by atoms with Crippen LogP contribution in [0.4, 0.5) is 0 Å². The Hall–Kier alpha value is -2.95. The monoisotopic (exact) mass is 407 g/mol. The lowest BCUT2D eigenvalue weighted by Crippen LogP contribution is -2.37. The van der Waals surface area contributed by atoms with Gasteiger partial charge in [-0.1, -0.05) is 17.9 Å². The first-order valence-electron chi connectivity index (χ1n) is 10.3. The number of benzene rings is 1. The van der Waals surface area contributed by atoms with Crippen LogP contribution in [0.15, 0.2) is 24.3 Å². The zero-order valence-corrected chi connectivity index (χ0v) is 17.3. The van der Waals surface area contributed by atoms with E-state index in [4.69, 9.17) is 4.74 Å². The highest BCUT2D eigenvalue weighted by molar-refractivity contribution is 5.97. The molecule has 1 aromatic heterocycles. The smallest absolute Gasteiger partial charge is 0.267 e. The minimum absolute atomic E-state index is 0.0343. The van der Waals surface area contributed by atoms with E-state index in [1.54, 1.807) is 7.05 Å². The quantitative estimate of drug-likeness (QED) is 0.600. The molecule has 2 aromatic rings. The van der Waals surface area contributed by atoms with E-state index in [1.807, 2.05) is 35.9 Å². The van der Waals surface area contributed by atoms with Crippen LogP contribution in [-0.4, -0.2) is 63.9 Å². The van der Waals surface area contributed by atoms with Crippen LogP contribution in [0.5, 0.6) is 0 Å². The molecule has 1 aliphatic heterocycles. The number of hydrogen-bond donors (Lipinski definition) is 1. The van der Waals surface area contributed by atoms with Crippen LogP contribution in [0, 0.1) is 11.8 Å². The Balaban J connectivity index is 1.65. The zero-order chi connectivity index (χ0) is 21.3. The van der Waals surface area contributed by atoms with Crippen LogP contribution in [0.25, 0.3) is 5.69 Å². The Labute approximate surface area is 175 Å². The molecule has 1 fully saturated rings. The third kappa shape index (κ3) is 3.64. The first-order chi connectivity index (χ1) is 14.4. The number of ether oxygens (including phenoxy) is 1. The maximum Gasteiger partial charge on any atom is 0.267 e. The van der Waals surface area contributed by atoms with Crippen molar-refractivity contribution in [3.8, 4) is 17.5 Å². The van der Waals surface area contributed by atoms with E-state index in [1.165, 1.54) is 4.90 Å². The van der Waals surface area contributed by atoms with Crippen molar-refractivity contribution in [2.75, 3.05) is 26.8 Å². The second-order valence-corrected chi connectivity index (χ2v) is 7.74. The van der Waals surface area contributed by atoms with Gasteiger partial charge in [-0.3, -0.25) is 9.59 Å². The number of likely N-dealkylation sites (tertiary alicyclic amines) is 1. The molecule has 0 unspecified atom stereocenters. The summed E-state index contributed by atoms with van der Waals surface area (Å²) in [4.78, 5) is 26.1. The number of ketones is 1. The van der Waals surface area contributed by atoms with E-state index in [0.717, 1.165) is 36.2 Å². The lowest BCUT2D eigenvalue weighted by Gasteiger charge is -2.13. The predicted octanol–water partition coefficient (Wildman–Crippen LogP) is 1.52. The highest BCUT2D eigenvalue weighted by atomic mass is 16.5. The number of aliphatic hydroxyl groups is 1. The van der Waals surface area contributed by atoms with Crippen molar-refractivity contribution in [3.63, 3.8) is 0 Å². The summed E-state index contributed by atoms with van der Waals surface area (Å²) in [6, 6.07) is 7.46. The van der Waals surface area contributed by atoms with E-state index in [9.17, 15) is 14.7 Å². The first kappa shape index (κ1) is 20.3. The molecule has 1 aromatic carbocycles. The van der Waals surface area contributed by atoms with Crippen molar-refractivity contribution in [1.29, 1.82) is 0 Å². The fourth-order valence-corrected chi connectivity index (χ4v) is 4.00. The van der Waals surface area contributed by atoms with Crippen LogP contribution in [0.1, 0.15) is 47.1 Å². The predicted molar refractivity (Wildman–Crippen MR) is 110 cm³/mol. The molecule has 156 valence electrons. The van der Waals surface area contributed by atoms with Gasteiger partial charge in [-0.2, -0.15) is 5.10 Å². The van der Waals surface area contributed by atoms with Gasteiger partial charge in [0.1, 0.15) is 12.3 Å². The maximum absolute atomic E-state index is 12.5. The van der Waals surface area contributed by atoms with Gasteiger partial charge < -0.3 is 14.7 Å². The number of carbonyl (C=O) groups excluding carboxylic acids is 2. The Kier molecular flexibility index (Phi) is 5.46. The van der Waals surface area contributed by atoms with Crippen molar-refractivity contribution in [1.82, 2.24) is 14.7 Å². The molecule has 7 heteroatoms. The van der Waals surface area contributed by atoms with Crippen molar-refractivity contribution >= 4 is 11.7 Å². The molecular formula is C23H25N3O4. The molecule has 2 heterocycles. The lowest BCUT2D eigenvalue weighted by molar-refractivity contribution is -0.137. The second kappa shape index (κ2) is 8.05. The van der Waals surface area contributed by atoms with Gasteiger partial charge in [-0.15, -0.1) is 0 Å². The lowest BCUT2D eigenvalue weighted by atomic mass is 10.0. The number of hydrogen-bond acceptors (Lipinski definition) is 5. The van der Waals surface area contributed by atoms with Crippen molar-refractivity contribution < 1.29 is 19.4 Å². The Morgan fingerprint density at radius 3 is 2.93 bits per heavy atom. The van der Waals surface area contributed by atoms with E-state index in [-0.39, 0.29) is 18.3 Å². The van der Waals surface area contributed by atoms with Crippen molar-refractivity contribution in [2.45, 2.75) is 38.2 Å². The zero-order valence-electron chi connectivity index (χ0n) is 17.3. The summed E-state index contributed by atoms with van der Waals surface area (Å²) in [5, 5.41) is 15.1. The van der Waals surface area contributed by atoms with E-state index in [0.29, 0.717) is 30.8 Å². The average molecular weight is 407 g/mol. The van der Waals surface area contributed by atoms with E-state index >= 15 is 0 Å². The fraction of sp³-hybridized carbons (Fsp3) is 0.435. The number of carbonyl (C=O) groups is 2. The molecule has 0 saturated carbocycles. The molecule has 1 aliphatic carbocycles. The van der Waals surface area contributed by atoms with Crippen molar-refractivity contribution in [2.24, 2.45) is 0 Å². The van der Waals surface area contributed by atoms with Gasteiger partial charge in [0.25, 0.3) is 5.91 Å². The van der Waals surface area contributed by atoms with Crippen LogP contribution >= 0.6 is 0 Å². The third-order valence-electron chi connectivity index (χ3n) is 5.65. The minimum Gasteiger partial charge on any atom is -0.374 e. The summed E-state index contributed by atoms with van der Waals surface area (Å²) < 4.78 is 7.09. The van der Waals surface area contributed by atoms with Gasteiger partial charge in [0.2, 0.25) is 11.4 Å². The average Bonchev–Trinajstić information content (AvgIpc) is 3.42. The number of rotatable bonds is 5. The molecule has 7 nitrogen and oxygen atoms in total. The largest absolute Gasteiger partial charge is 0.374 e. The van der Waals surface area contributed by atoms with Crippen LogP contribution in [0.2, 0.25) is 0 Å². The van der Waals surface area contributed by atoms with Gasteiger partial charge >= 0.3 is 0 Å². The molecule has 1 saturated heterocycles. The number of likely N-dealkylation sites (N-methyl/N-ethyl adjacent to an activating group) is 1. The fourth-order valence-electron chi connectivity index (χ4n) is 4.00. The molecule has 2 aliphatic rings. The molecule has 4 rings (SSSR count). The molecule has 1 amide bonds. The highest BCUT2D eigenvalue weighted by Crippen LogP contribution is 2.28. The Morgan fingerprint density at radius 2 is 2.20 bits per heavy atom. The molecule has 0 spiro atoms. The summed E-state index contributed by atoms with van der Waals surface area (Å²) in [5.41, 5.74) is 2.39. The molecule has 1 atom stereocenters. The summed E-state index contributed by atoms with van der Waals surface area (Å²) in [6.45, 7) is 2.87. The van der Waals surface area contributed by atoms with Crippen molar-refractivity contribution in [3.05, 3.63) is 46.8 Å². The van der Waals surface area contributed by atoms with Crippen LogP contribution in [-0.2, 0) is 22.4 Å². The topological polar surface area (TPSA) is 84.7 Å². The second-order valence-electron chi connectivity index (χ2n) is 7.74. The minimum atomic E-state index is -1.63. The summed E-state index contributed by atoms with van der Waals surface area (Å²) >= 11 is 0. The number of amides is 1. The van der Waals surface area contributed by atoms with Crippen LogP contribution < -0.4 is 0 Å². The summed E-state index contributed by atoms with van der Waals surface area (Å²) in [5.74, 6) is 5.22. The number of aromatic nitrogens is 2. The molecule has 0 bridgehead atoms. The van der Waals surface area contributed by atoms with Gasteiger partial charge in [-0.25, -0.2) is 4.68 Å². The summed E-state index contributed by atoms with van der Waals surface area (Å²) in [7, 11) is 1.66. The normalized spacial score (nSPS) is 20.2. The standard InChI is InChI=1S/C23H25N3O4/c1-3-30-15-20(27)21-18-8-5-9-19(18)26(24-21)17-7-4-6-16(14-17)10-11-23(29)12-13-25(2)22(23)28/h4,6-7,14,29H,3,5,8-9,12-13,15H2,1-2H3/t23-/m0/s1. The van der Waals surface area contributed by atoms with E-state index < -0.39 is 5.60 Å². The molecule has 0 radical (unpaired) electrons. The number of Topliss-reactive ketones (excluding diaryl/α,β-unsaturated/α-hetero) is 1. The van der Waals surface area contributed by atoms with Gasteiger partial charge in [-0.05, 0) is 44.4 Å².